The highest BCUT2D eigenvalue weighted by Crippen LogP contribution is 2.30. The van der Waals surface area contributed by atoms with Crippen molar-refractivity contribution in [2.45, 2.75) is 27.2 Å². The lowest BCUT2D eigenvalue weighted by Gasteiger charge is -2.29. The molecule has 5 nitrogen and oxygen atoms in total. The molecule has 0 unspecified atom stereocenters. The van der Waals surface area contributed by atoms with Crippen molar-refractivity contribution in [3.8, 4) is 0 Å². The number of nitrogens with zero attached hydrogens (tertiary/aromatic N) is 3. The maximum atomic E-state index is 13.4. The lowest BCUT2D eigenvalue weighted by Crippen LogP contribution is -2.43. The third-order valence-electron chi connectivity index (χ3n) is 5.65. The Bertz CT molecular complexity index is 1040. The van der Waals surface area contributed by atoms with Gasteiger partial charge in [0.25, 0.3) is 0 Å². The first-order valence-corrected chi connectivity index (χ1v) is 11.3. The first-order chi connectivity index (χ1) is 14.5. The van der Waals surface area contributed by atoms with Gasteiger partial charge in [-0.3, -0.25) is 14.6 Å². The van der Waals surface area contributed by atoms with E-state index in [0.29, 0.717) is 13.0 Å². The van der Waals surface area contributed by atoms with Gasteiger partial charge in [0.2, 0.25) is 5.91 Å². The Hall–Kier alpha value is -2.28. The van der Waals surface area contributed by atoms with Crippen molar-refractivity contribution in [2.75, 3.05) is 44.3 Å². The average molecular weight is 424 g/mol. The molecule has 0 saturated carbocycles. The number of rotatable bonds is 6. The van der Waals surface area contributed by atoms with E-state index in [1.165, 1.54) is 11.1 Å². The summed E-state index contributed by atoms with van der Waals surface area (Å²) in [6, 6.07) is 12.5. The van der Waals surface area contributed by atoms with Gasteiger partial charge in [-0.15, -0.1) is 0 Å². The van der Waals surface area contributed by atoms with Crippen molar-refractivity contribution in [2.24, 2.45) is 0 Å². The van der Waals surface area contributed by atoms with Crippen molar-refractivity contribution < 1.29 is 9.53 Å². The summed E-state index contributed by atoms with van der Waals surface area (Å²) >= 11 is 1.60. The molecule has 0 aliphatic carbocycles. The fraction of sp³-hybridized carbons (Fsp3) is 0.417. The summed E-state index contributed by atoms with van der Waals surface area (Å²) in [6.45, 7) is 11.1. The molecule has 1 aromatic heterocycles. The molecule has 0 N–H and O–H groups in total. The van der Waals surface area contributed by atoms with E-state index in [4.69, 9.17) is 9.72 Å². The van der Waals surface area contributed by atoms with Crippen molar-refractivity contribution >= 4 is 32.6 Å². The van der Waals surface area contributed by atoms with Crippen LogP contribution in [0.5, 0.6) is 0 Å². The minimum Gasteiger partial charge on any atom is -0.379 e. The van der Waals surface area contributed by atoms with Crippen LogP contribution in [0.2, 0.25) is 0 Å². The second-order valence-corrected chi connectivity index (χ2v) is 9.08. The Morgan fingerprint density at radius 2 is 1.83 bits per heavy atom. The molecule has 0 spiro atoms. The predicted molar refractivity (Wildman–Crippen MR) is 124 cm³/mol. The first-order valence-electron chi connectivity index (χ1n) is 10.5. The lowest BCUT2D eigenvalue weighted by molar-refractivity contribution is -0.118. The number of aryl methyl sites for hydroxylation is 3. The summed E-state index contributed by atoms with van der Waals surface area (Å²) in [5.41, 5.74) is 5.63. The number of morpholine rings is 1. The Morgan fingerprint density at radius 3 is 2.60 bits per heavy atom. The number of amides is 1. The topological polar surface area (TPSA) is 45.7 Å². The van der Waals surface area contributed by atoms with Gasteiger partial charge in [-0.05, 0) is 49.6 Å². The van der Waals surface area contributed by atoms with E-state index in [9.17, 15) is 4.79 Å². The number of carbonyl (C=O) groups is 1. The van der Waals surface area contributed by atoms with E-state index >= 15 is 0 Å². The van der Waals surface area contributed by atoms with Crippen molar-refractivity contribution in [3.05, 3.63) is 58.7 Å². The van der Waals surface area contributed by atoms with E-state index in [1.54, 1.807) is 11.3 Å². The Labute approximate surface area is 182 Å². The Morgan fingerprint density at radius 1 is 1.10 bits per heavy atom. The van der Waals surface area contributed by atoms with Gasteiger partial charge >= 0.3 is 0 Å². The van der Waals surface area contributed by atoms with Crippen LogP contribution in [0.15, 0.2) is 36.4 Å². The maximum absolute atomic E-state index is 13.4. The first kappa shape index (κ1) is 21.0. The number of hydrogen-bond donors (Lipinski definition) is 0. The summed E-state index contributed by atoms with van der Waals surface area (Å²) < 4.78 is 6.58. The van der Waals surface area contributed by atoms with E-state index in [1.807, 2.05) is 11.0 Å². The number of fused-ring (bicyclic) bond motifs is 1. The van der Waals surface area contributed by atoms with Crippen LogP contribution in [0.3, 0.4) is 0 Å². The van der Waals surface area contributed by atoms with Crippen LogP contribution < -0.4 is 4.90 Å². The predicted octanol–water partition coefficient (Wildman–Crippen LogP) is 4.13. The number of ether oxygens (including phenoxy) is 1. The fourth-order valence-corrected chi connectivity index (χ4v) is 4.94. The highest BCUT2D eigenvalue weighted by Gasteiger charge is 2.22. The molecule has 30 heavy (non-hydrogen) atoms. The molecular weight excluding hydrogens is 394 g/mol. The SMILES string of the molecule is Cc1ccc(CC(=O)N(CCN2CCOCC2)c2nc3ccc(C)cc3s2)c(C)c1. The van der Waals surface area contributed by atoms with Crippen LogP contribution >= 0.6 is 11.3 Å². The zero-order chi connectivity index (χ0) is 21.1. The van der Waals surface area contributed by atoms with Gasteiger partial charge in [-0.2, -0.15) is 0 Å². The number of thiazole rings is 1. The molecule has 0 bridgehead atoms. The third-order valence-corrected chi connectivity index (χ3v) is 6.69. The smallest absolute Gasteiger partial charge is 0.233 e. The van der Waals surface area contributed by atoms with E-state index in [-0.39, 0.29) is 5.91 Å². The molecule has 0 radical (unpaired) electrons. The van der Waals surface area contributed by atoms with E-state index in [0.717, 1.165) is 59.3 Å². The van der Waals surface area contributed by atoms with Gasteiger partial charge in [-0.25, -0.2) is 4.98 Å². The summed E-state index contributed by atoms with van der Waals surface area (Å²) in [5.74, 6) is 0.103. The monoisotopic (exact) mass is 423 g/mol. The number of hydrogen-bond acceptors (Lipinski definition) is 5. The molecule has 2 heterocycles. The van der Waals surface area contributed by atoms with Gasteiger partial charge in [0, 0.05) is 26.2 Å². The zero-order valence-corrected chi connectivity index (χ0v) is 18.8. The lowest BCUT2D eigenvalue weighted by atomic mass is 10.0. The number of carbonyl (C=O) groups excluding carboxylic acids is 1. The molecule has 6 heteroatoms. The zero-order valence-electron chi connectivity index (χ0n) is 18.0. The van der Waals surface area contributed by atoms with Crippen LogP contribution in [0.1, 0.15) is 22.3 Å². The molecule has 0 atom stereocenters. The van der Waals surface area contributed by atoms with Gasteiger partial charge in [0.1, 0.15) is 0 Å². The normalized spacial score (nSPS) is 14.9. The van der Waals surface area contributed by atoms with Crippen molar-refractivity contribution in [1.82, 2.24) is 9.88 Å². The minimum atomic E-state index is 0.103. The van der Waals surface area contributed by atoms with Crippen LogP contribution in [-0.2, 0) is 16.0 Å². The summed E-state index contributed by atoms with van der Waals surface area (Å²) in [4.78, 5) is 22.5. The molecule has 1 aliphatic heterocycles. The molecule has 1 aliphatic rings. The Balaban J connectivity index is 1.58. The van der Waals surface area contributed by atoms with Gasteiger partial charge in [0.15, 0.2) is 5.13 Å². The second-order valence-electron chi connectivity index (χ2n) is 8.07. The standard InChI is InChI=1S/C24H29N3O2S/c1-17-4-6-20(19(3)14-17)16-23(28)27(9-8-26-10-12-29-13-11-26)24-25-21-7-5-18(2)15-22(21)30-24/h4-7,14-15H,8-13,16H2,1-3H3. The molecular formula is C24H29N3O2S. The quantitative estimate of drug-likeness (QED) is 0.598. The van der Waals surface area contributed by atoms with Crippen LogP contribution in [-0.4, -0.2) is 55.2 Å². The molecule has 158 valence electrons. The van der Waals surface area contributed by atoms with Gasteiger partial charge < -0.3 is 4.74 Å². The third kappa shape index (κ3) is 4.89. The second kappa shape index (κ2) is 9.25. The molecule has 2 aromatic carbocycles. The molecule has 1 amide bonds. The van der Waals surface area contributed by atoms with Crippen molar-refractivity contribution in [3.63, 3.8) is 0 Å². The molecule has 1 fully saturated rings. The largest absolute Gasteiger partial charge is 0.379 e. The number of aromatic nitrogens is 1. The number of benzene rings is 2. The summed E-state index contributed by atoms with van der Waals surface area (Å²) in [5, 5.41) is 0.790. The van der Waals surface area contributed by atoms with Crippen LogP contribution in [0, 0.1) is 20.8 Å². The molecule has 4 rings (SSSR count). The molecule has 3 aromatic rings. The highest BCUT2D eigenvalue weighted by molar-refractivity contribution is 7.22. The van der Waals surface area contributed by atoms with E-state index in [2.05, 4.69) is 56.0 Å². The summed E-state index contributed by atoms with van der Waals surface area (Å²) in [6.07, 6.45) is 0.393. The number of anilines is 1. The maximum Gasteiger partial charge on any atom is 0.233 e. The van der Waals surface area contributed by atoms with Crippen LogP contribution in [0.25, 0.3) is 10.2 Å². The van der Waals surface area contributed by atoms with Gasteiger partial charge in [0.05, 0.1) is 29.9 Å². The van der Waals surface area contributed by atoms with Gasteiger partial charge in [-0.1, -0.05) is 41.2 Å². The minimum absolute atomic E-state index is 0.103. The average Bonchev–Trinajstić information content (AvgIpc) is 3.13. The summed E-state index contributed by atoms with van der Waals surface area (Å²) in [7, 11) is 0. The molecule has 1 saturated heterocycles. The van der Waals surface area contributed by atoms with Crippen LogP contribution in [0.4, 0.5) is 5.13 Å². The van der Waals surface area contributed by atoms with Crippen molar-refractivity contribution in [1.29, 1.82) is 0 Å². The Kier molecular flexibility index (Phi) is 6.46. The fourth-order valence-electron chi connectivity index (χ4n) is 3.83. The highest BCUT2D eigenvalue weighted by atomic mass is 32.1. The van der Waals surface area contributed by atoms with E-state index < -0.39 is 0 Å².